The summed E-state index contributed by atoms with van der Waals surface area (Å²) in [5, 5.41) is 2.41. The van der Waals surface area contributed by atoms with Gasteiger partial charge in [-0.15, -0.1) is 0 Å². The molecule has 2 aromatic carbocycles. The first-order chi connectivity index (χ1) is 12.8. The first kappa shape index (κ1) is 21.0. The molecule has 0 aliphatic heterocycles. The van der Waals surface area contributed by atoms with Crippen molar-refractivity contribution in [1.82, 2.24) is 5.32 Å². The number of esters is 1. The van der Waals surface area contributed by atoms with Crippen LogP contribution >= 0.6 is 23.2 Å². The minimum Gasteiger partial charge on any atom is -0.497 e. The Labute approximate surface area is 166 Å². The normalized spacial score (nSPS) is 11.6. The van der Waals surface area contributed by atoms with Gasteiger partial charge in [0.15, 0.2) is 6.10 Å². The lowest BCUT2D eigenvalue weighted by Crippen LogP contribution is -2.37. The molecular formula is C19H18Cl2FNO4. The Bertz CT molecular complexity index is 827. The zero-order chi connectivity index (χ0) is 20.0. The van der Waals surface area contributed by atoms with Gasteiger partial charge in [-0.2, -0.15) is 0 Å². The number of ether oxygens (including phenoxy) is 2. The second kappa shape index (κ2) is 9.58. The van der Waals surface area contributed by atoms with E-state index in [1.807, 2.05) is 24.3 Å². The fraction of sp³-hybridized carbons (Fsp3) is 0.263. The van der Waals surface area contributed by atoms with Crippen LogP contribution in [0.3, 0.4) is 0 Å². The Morgan fingerprint density at radius 2 is 1.81 bits per heavy atom. The fourth-order valence-corrected chi connectivity index (χ4v) is 2.68. The third-order valence-electron chi connectivity index (χ3n) is 3.75. The molecule has 0 heterocycles. The van der Waals surface area contributed by atoms with E-state index in [-0.39, 0.29) is 15.6 Å². The molecule has 0 aliphatic rings. The van der Waals surface area contributed by atoms with Crippen molar-refractivity contribution < 1.29 is 23.5 Å². The van der Waals surface area contributed by atoms with E-state index in [1.54, 1.807) is 7.11 Å². The quantitative estimate of drug-likeness (QED) is 0.549. The summed E-state index contributed by atoms with van der Waals surface area (Å²) in [4.78, 5) is 24.2. The second-order valence-electron chi connectivity index (χ2n) is 5.68. The number of amides is 1. The van der Waals surface area contributed by atoms with Crippen molar-refractivity contribution in [3.63, 3.8) is 0 Å². The average Bonchev–Trinajstić information content (AvgIpc) is 2.65. The molecule has 0 saturated carbocycles. The lowest BCUT2D eigenvalue weighted by molar-refractivity contribution is -0.129. The molecule has 0 unspecified atom stereocenters. The molecule has 5 nitrogen and oxygen atoms in total. The molecule has 2 aromatic rings. The van der Waals surface area contributed by atoms with Crippen LogP contribution in [0.5, 0.6) is 5.75 Å². The highest BCUT2D eigenvalue weighted by molar-refractivity contribution is 6.36. The molecule has 0 aliphatic carbocycles. The zero-order valence-corrected chi connectivity index (χ0v) is 16.2. The first-order valence-corrected chi connectivity index (χ1v) is 8.83. The molecule has 2 rings (SSSR count). The number of rotatable bonds is 7. The van der Waals surface area contributed by atoms with Crippen LogP contribution in [0.2, 0.25) is 10.0 Å². The zero-order valence-electron chi connectivity index (χ0n) is 14.7. The van der Waals surface area contributed by atoms with Crippen LogP contribution in [0.25, 0.3) is 0 Å². The number of methoxy groups -OCH3 is 1. The van der Waals surface area contributed by atoms with Gasteiger partial charge in [0, 0.05) is 6.54 Å². The van der Waals surface area contributed by atoms with E-state index < -0.39 is 23.8 Å². The van der Waals surface area contributed by atoms with Crippen molar-refractivity contribution in [2.75, 3.05) is 13.7 Å². The van der Waals surface area contributed by atoms with Crippen LogP contribution in [0.15, 0.2) is 36.4 Å². The molecule has 0 aromatic heterocycles. The molecular weight excluding hydrogens is 396 g/mol. The fourth-order valence-electron chi connectivity index (χ4n) is 2.22. The molecule has 8 heteroatoms. The molecule has 0 spiro atoms. The lowest BCUT2D eigenvalue weighted by atomic mass is 10.1. The maximum atomic E-state index is 13.5. The molecule has 0 saturated heterocycles. The monoisotopic (exact) mass is 413 g/mol. The molecule has 0 bridgehead atoms. The van der Waals surface area contributed by atoms with Crippen LogP contribution in [0.4, 0.5) is 4.39 Å². The summed E-state index contributed by atoms with van der Waals surface area (Å²) in [6, 6.07) is 9.43. The molecule has 27 heavy (non-hydrogen) atoms. The Morgan fingerprint density at radius 3 is 2.44 bits per heavy atom. The van der Waals surface area contributed by atoms with Gasteiger partial charge in [0.2, 0.25) is 0 Å². The largest absolute Gasteiger partial charge is 0.497 e. The highest BCUT2D eigenvalue weighted by Crippen LogP contribution is 2.25. The van der Waals surface area contributed by atoms with Crippen LogP contribution in [-0.4, -0.2) is 31.6 Å². The third-order valence-corrected chi connectivity index (χ3v) is 4.36. The molecule has 0 fully saturated rings. The number of carbonyl (C=O) groups is 2. The molecule has 1 amide bonds. The van der Waals surface area contributed by atoms with Crippen molar-refractivity contribution in [3.8, 4) is 5.75 Å². The smallest absolute Gasteiger partial charge is 0.340 e. The lowest BCUT2D eigenvalue weighted by Gasteiger charge is -2.14. The number of carbonyl (C=O) groups excluding carboxylic acids is 2. The minimum absolute atomic E-state index is 0.0569. The van der Waals surface area contributed by atoms with Crippen LogP contribution in [0, 0.1) is 5.82 Å². The summed E-state index contributed by atoms with van der Waals surface area (Å²) in [5.41, 5.74) is 0.820. The van der Waals surface area contributed by atoms with Gasteiger partial charge < -0.3 is 14.8 Å². The van der Waals surface area contributed by atoms with E-state index in [4.69, 9.17) is 32.7 Å². The summed E-state index contributed by atoms with van der Waals surface area (Å²) in [6.45, 7) is 1.78. The summed E-state index contributed by atoms with van der Waals surface area (Å²) in [6.07, 6.45) is -0.465. The van der Waals surface area contributed by atoms with Crippen molar-refractivity contribution in [3.05, 3.63) is 63.4 Å². The van der Waals surface area contributed by atoms with Gasteiger partial charge in [-0.3, -0.25) is 4.79 Å². The van der Waals surface area contributed by atoms with Gasteiger partial charge in [0.1, 0.15) is 11.6 Å². The first-order valence-electron chi connectivity index (χ1n) is 8.08. The highest BCUT2D eigenvalue weighted by atomic mass is 35.5. The predicted octanol–water partition coefficient (Wildman–Crippen LogP) is 4.05. The van der Waals surface area contributed by atoms with E-state index in [1.165, 1.54) is 6.92 Å². The van der Waals surface area contributed by atoms with Gasteiger partial charge in [-0.1, -0.05) is 35.3 Å². The van der Waals surface area contributed by atoms with Gasteiger partial charge in [-0.25, -0.2) is 9.18 Å². The van der Waals surface area contributed by atoms with Crippen molar-refractivity contribution in [2.24, 2.45) is 0 Å². The van der Waals surface area contributed by atoms with Gasteiger partial charge in [0.25, 0.3) is 5.91 Å². The maximum Gasteiger partial charge on any atom is 0.340 e. The van der Waals surface area contributed by atoms with E-state index in [9.17, 15) is 14.0 Å². The third kappa shape index (κ3) is 5.84. The number of nitrogens with one attached hydrogen (secondary N) is 1. The van der Waals surface area contributed by atoms with Crippen LogP contribution < -0.4 is 10.1 Å². The summed E-state index contributed by atoms with van der Waals surface area (Å²) in [7, 11) is 1.59. The van der Waals surface area contributed by atoms with E-state index in [0.29, 0.717) is 13.0 Å². The molecule has 144 valence electrons. The Hall–Kier alpha value is -2.31. The van der Waals surface area contributed by atoms with Crippen molar-refractivity contribution in [2.45, 2.75) is 19.4 Å². The topological polar surface area (TPSA) is 64.6 Å². The molecule has 1 N–H and O–H groups in total. The average molecular weight is 414 g/mol. The van der Waals surface area contributed by atoms with Gasteiger partial charge in [-0.05, 0) is 43.2 Å². The Kier molecular flexibility index (Phi) is 7.45. The van der Waals surface area contributed by atoms with Gasteiger partial charge in [0.05, 0.1) is 22.7 Å². The predicted molar refractivity (Wildman–Crippen MR) is 101 cm³/mol. The SMILES string of the molecule is COc1ccc(CCNC(=O)[C@@H](C)OC(=O)c2cc(F)c(Cl)cc2Cl)cc1. The molecule has 1 atom stereocenters. The van der Waals surface area contributed by atoms with Crippen molar-refractivity contribution in [1.29, 1.82) is 0 Å². The van der Waals surface area contributed by atoms with Crippen molar-refractivity contribution >= 4 is 35.1 Å². The van der Waals surface area contributed by atoms with Crippen LogP contribution in [-0.2, 0) is 16.0 Å². The number of hydrogen-bond donors (Lipinski definition) is 1. The maximum absolute atomic E-state index is 13.5. The number of hydrogen-bond acceptors (Lipinski definition) is 4. The Morgan fingerprint density at radius 1 is 1.15 bits per heavy atom. The van der Waals surface area contributed by atoms with E-state index in [0.717, 1.165) is 23.4 Å². The summed E-state index contributed by atoms with van der Waals surface area (Å²) >= 11 is 11.5. The van der Waals surface area contributed by atoms with Crippen LogP contribution in [0.1, 0.15) is 22.8 Å². The standard InChI is InChI=1S/C19H18Cl2FNO4/c1-11(27-19(25)14-9-17(22)16(21)10-15(14)20)18(24)23-8-7-12-3-5-13(26-2)6-4-12/h3-6,9-11H,7-8H2,1-2H3,(H,23,24)/t11-/m1/s1. The molecule has 0 radical (unpaired) electrons. The minimum atomic E-state index is -1.07. The number of benzene rings is 2. The van der Waals surface area contributed by atoms with E-state index >= 15 is 0 Å². The Balaban J connectivity index is 1.85. The number of halogens is 3. The second-order valence-corrected chi connectivity index (χ2v) is 6.50. The highest BCUT2D eigenvalue weighted by Gasteiger charge is 2.21. The van der Waals surface area contributed by atoms with Gasteiger partial charge >= 0.3 is 5.97 Å². The van der Waals surface area contributed by atoms with E-state index in [2.05, 4.69) is 5.32 Å². The summed E-state index contributed by atoms with van der Waals surface area (Å²) < 4.78 is 23.6. The summed E-state index contributed by atoms with van der Waals surface area (Å²) in [5.74, 6) is -1.43.